The molecule has 0 unspecified atom stereocenters. The maximum atomic E-state index is 11.8. The molecule has 0 saturated heterocycles. The van der Waals surface area contributed by atoms with Crippen molar-refractivity contribution in [2.24, 2.45) is 5.73 Å². The molecule has 0 saturated carbocycles. The number of fused-ring (bicyclic) bond motifs is 1. The molecule has 0 spiro atoms. The van der Waals surface area contributed by atoms with Crippen molar-refractivity contribution in [3.05, 3.63) is 52.7 Å². The Morgan fingerprint density at radius 1 is 1.11 bits per heavy atom. The van der Waals surface area contributed by atoms with Gasteiger partial charge >= 0.3 is 0 Å². The Labute approximate surface area is 165 Å². The molecule has 0 aliphatic heterocycles. The number of pyridine rings is 1. The number of hydrogen-bond acceptors (Lipinski definition) is 6. The SMILES string of the molecule is CNC(=O)c1ccc(Oc2ccnc3cc(OC)c(C(N)=O)cc23)c(N)c1Cl. The lowest BCUT2D eigenvalue weighted by Crippen LogP contribution is -2.18. The zero-order chi connectivity index (χ0) is 20.4. The number of carbonyl (C=O) groups is 2. The summed E-state index contributed by atoms with van der Waals surface area (Å²) in [6.45, 7) is 0. The van der Waals surface area contributed by atoms with Crippen molar-refractivity contribution in [3.8, 4) is 17.2 Å². The molecular weight excluding hydrogens is 384 g/mol. The number of nitrogens with zero attached hydrogens (tertiary/aromatic N) is 1. The summed E-state index contributed by atoms with van der Waals surface area (Å²) < 4.78 is 11.1. The Kier molecular flexibility index (Phi) is 5.23. The molecule has 9 heteroatoms. The maximum Gasteiger partial charge on any atom is 0.252 e. The lowest BCUT2D eigenvalue weighted by molar-refractivity contribution is 0.0961. The highest BCUT2D eigenvalue weighted by atomic mass is 35.5. The number of primary amides is 1. The van der Waals surface area contributed by atoms with Gasteiger partial charge in [-0.25, -0.2) is 0 Å². The minimum Gasteiger partial charge on any atom is -0.496 e. The van der Waals surface area contributed by atoms with E-state index < -0.39 is 5.91 Å². The van der Waals surface area contributed by atoms with Crippen molar-refractivity contribution in [1.82, 2.24) is 10.3 Å². The second-order valence-corrected chi connectivity index (χ2v) is 6.14. The van der Waals surface area contributed by atoms with Crippen molar-refractivity contribution in [1.29, 1.82) is 0 Å². The summed E-state index contributed by atoms with van der Waals surface area (Å²) in [5.41, 5.74) is 12.5. The zero-order valence-electron chi connectivity index (χ0n) is 15.1. The van der Waals surface area contributed by atoms with Crippen LogP contribution in [0.15, 0.2) is 36.5 Å². The molecule has 0 fully saturated rings. The lowest BCUT2D eigenvalue weighted by Gasteiger charge is -2.14. The average Bonchev–Trinajstić information content (AvgIpc) is 2.70. The number of benzene rings is 2. The van der Waals surface area contributed by atoms with Crippen LogP contribution in [0.2, 0.25) is 5.02 Å². The Balaban J connectivity index is 2.10. The lowest BCUT2D eigenvalue weighted by atomic mass is 10.1. The summed E-state index contributed by atoms with van der Waals surface area (Å²) in [6.07, 6.45) is 1.54. The van der Waals surface area contributed by atoms with Gasteiger partial charge in [0, 0.05) is 24.7 Å². The Morgan fingerprint density at radius 2 is 1.86 bits per heavy atom. The van der Waals surface area contributed by atoms with Gasteiger partial charge in [-0.15, -0.1) is 0 Å². The predicted octanol–water partition coefficient (Wildman–Crippen LogP) is 2.73. The van der Waals surface area contributed by atoms with Crippen molar-refractivity contribution in [2.45, 2.75) is 0 Å². The smallest absolute Gasteiger partial charge is 0.252 e. The fourth-order valence-electron chi connectivity index (χ4n) is 2.69. The van der Waals surface area contributed by atoms with Crippen LogP contribution in [-0.4, -0.2) is 31.0 Å². The highest BCUT2D eigenvalue weighted by Gasteiger charge is 2.18. The van der Waals surface area contributed by atoms with Gasteiger partial charge in [-0.1, -0.05) is 11.6 Å². The van der Waals surface area contributed by atoms with Gasteiger partial charge in [0.2, 0.25) is 0 Å². The van der Waals surface area contributed by atoms with Gasteiger partial charge in [0.25, 0.3) is 11.8 Å². The fraction of sp³-hybridized carbons (Fsp3) is 0.105. The number of hydrogen-bond donors (Lipinski definition) is 3. The minimum atomic E-state index is -0.647. The van der Waals surface area contributed by atoms with Gasteiger partial charge in [-0.2, -0.15) is 0 Å². The van der Waals surface area contributed by atoms with E-state index in [0.717, 1.165) is 0 Å². The van der Waals surface area contributed by atoms with E-state index in [1.165, 1.54) is 38.6 Å². The predicted molar refractivity (Wildman–Crippen MR) is 106 cm³/mol. The summed E-state index contributed by atoms with van der Waals surface area (Å²) in [5, 5.41) is 3.10. The second-order valence-electron chi connectivity index (χ2n) is 5.76. The minimum absolute atomic E-state index is 0.0784. The molecule has 28 heavy (non-hydrogen) atoms. The topological polar surface area (TPSA) is 130 Å². The molecule has 0 radical (unpaired) electrons. The van der Waals surface area contributed by atoms with Gasteiger partial charge in [0.1, 0.15) is 11.5 Å². The van der Waals surface area contributed by atoms with E-state index in [-0.39, 0.29) is 33.5 Å². The molecule has 0 atom stereocenters. The van der Waals surface area contributed by atoms with Crippen LogP contribution in [0, 0.1) is 0 Å². The molecule has 0 aliphatic carbocycles. The van der Waals surface area contributed by atoms with E-state index in [1.807, 2.05) is 0 Å². The molecule has 2 aromatic carbocycles. The number of rotatable bonds is 5. The number of aromatic nitrogens is 1. The van der Waals surface area contributed by atoms with Crippen molar-refractivity contribution >= 4 is 40.0 Å². The molecule has 3 aromatic rings. The molecule has 144 valence electrons. The highest BCUT2D eigenvalue weighted by molar-refractivity contribution is 6.36. The van der Waals surface area contributed by atoms with Crippen LogP contribution in [0.5, 0.6) is 17.2 Å². The number of ether oxygens (including phenoxy) is 2. The standard InChI is InChI=1S/C19H17ClN4O4/c1-23-19(26)9-3-4-14(17(21)16(9)20)28-13-5-6-24-12-8-15(27-2)11(18(22)25)7-10(12)13/h3-8H,21H2,1-2H3,(H2,22,25)(H,23,26). The Bertz CT molecular complexity index is 1100. The summed E-state index contributed by atoms with van der Waals surface area (Å²) in [6, 6.07) is 7.78. The molecule has 5 N–H and O–H groups in total. The van der Waals surface area contributed by atoms with E-state index in [0.29, 0.717) is 22.4 Å². The third-order valence-electron chi connectivity index (χ3n) is 4.12. The number of carbonyl (C=O) groups excluding carboxylic acids is 2. The molecule has 0 aliphatic rings. The quantitative estimate of drug-likeness (QED) is 0.564. The van der Waals surface area contributed by atoms with Crippen LogP contribution in [0.4, 0.5) is 5.69 Å². The van der Waals surface area contributed by atoms with E-state index >= 15 is 0 Å². The first-order valence-electron chi connectivity index (χ1n) is 8.11. The molecule has 0 bridgehead atoms. The number of anilines is 1. The summed E-state index contributed by atoms with van der Waals surface area (Å²) in [4.78, 5) is 27.8. The largest absolute Gasteiger partial charge is 0.496 e. The number of amides is 2. The number of nitrogen functional groups attached to an aromatic ring is 1. The van der Waals surface area contributed by atoms with Gasteiger partial charge in [-0.05, 0) is 24.3 Å². The molecule has 1 aromatic heterocycles. The van der Waals surface area contributed by atoms with Crippen LogP contribution < -0.4 is 26.3 Å². The first-order chi connectivity index (χ1) is 13.4. The molecule has 2 amide bonds. The van der Waals surface area contributed by atoms with Crippen LogP contribution in [-0.2, 0) is 0 Å². The maximum absolute atomic E-state index is 11.8. The monoisotopic (exact) mass is 400 g/mol. The fourth-order valence-corrected chi connectivity index (χ4v) is 2.93. The first kappa shape index (κ1) is 19.2. The second kappa shape index (κ2) is 7.61. The molecular formula is C19H17ClN4O4. The van der Waals surface area contributed by atoms with Gasteiger partial charge in [0.15, 0.2) is 5.75 Å². The van der Waals surface area contributed by atoms with Gasteiger partial charge in [0.05, 0.1) is 34.5 Å². The molecule has 8 nitrogen and oxygen atoms in total. The number of methoxy groups -OCH3 is 1. The molecule has 3 rings (SSSR count). The van der Waals surface area contributed by atoms with Crippen molar-refractivity contribution < 1.29 is 19.1 Å². The zero-order valence-corrected chi connectivity index (χ0v) is 15.8. The summed E-state index contributed by atoms with van der Waals surface area (Å²) >= 11 is 6.21. The van der Waals surface area contributed by atoms with E-state index in [2.05, 4.69) is 10.3 Å². The Hall–Kier alpha value is -3.52. The number of nitrogens with one attached hydrogen (secondary N) is 1. The van der Waals surface area contributed by atoms with E-state index in [4.69, 9.17) is 32.5 Å². The highest BCUT2D eigenvalue weighted by Crippen LogP contribution is 2.38. The van der Waals surface area contributed by atoms with Crippen LogP contribution in [0.3, 0.4) is 0 Å². The van der Waals surface area contributed by atoms with E-state index in [1.54, 1.807) is 12.1 Å². The normalized spacial score (nSPS) is 10.5. The van der Waals surface area contributed by atoms with Crippen molar-refractivity contribution in [3.63, 3.8) is 0 Å². The average molecular weight is 401 g/mol. The van der Waals surface area contributed by atoms with E-state index in [9.17, 15) is 9.59 Å². The Morgan fingerprint density at radius 3 is 2.50 bits per heavy atom. The third-order valence-corrected chi connectivity index (χ3v) is 4.53. The van der Waals surface area contributed by atoms with Crippen LogP contribution >= 0.6 is 11.6 Å². The van der Waals surface area contributed by atoms with Crippen LogP contribution in [0.1, 0.15) is 20.7 Å². The third kappa shape index (κ3) is 3.37. The first-order valence-corrected chi connectivity index (χ1v) is 8.49. The number of nitrogens with two attached hydrogens (primary N) is 2. The van der Waals surface area contributed by atoms with Gasteiger partial charge < -0.3 is 26.3 Å². The van der Waals surface area contributed by atoms with Gasteiger partial charge in [-0.3, -0.25) is 14.6 Å². The summed E-state index contributed by atoms with van der Waals surface area (Å²) in [5.74, 6) is -0.0730. The summed E-state index contributed by atoms with van der Waals surface area (Å²) in [7, 11) is 2.93. The number of halogens is 1. The van der Waals surface area contributed by atoms with Crippen LogP contribution in [0.25, 0.3) is 10.9 Å². The molecule has 1 heterocycles. The van der Waals surface area contributed by atoms with Crippen molar-refractivity contribution in [2.75, 3.05) is 19.9 Å².